The van der Waals surface area contributed by atoms with Crippen LogP contribution in [0.15, 0.2) is 28.9 Å². The summed E-state index contributed by atoms with van der Waals surface area (Å²) < 4.78 is 10.5. The van der Waals surface area contributed by atoms with Crippen LogP contribution in [0.2, 0.25) is 5.02 Å². The molecule has 2 rings (SSSR count). The lowest BCUT2D eigenvalue weighted by Gasteiger charge is -2.06. The summed E-state index contributed by atoms with van der Waals surface area (Å²) in [4.78, 5) is 4.22. The summed E-state index contributed by atoms with van der Waals surface area (Å²) >= 11 is 6.09. The molecule has 0 unspecified atom stereocenters. The maximum atomic E-state index is 6.09. The van der Waals surface area contributed by atoms with E-state index < -0.39 is 0 Å². The van der Waals surface area contributed by atoms with Crippen LogP contribution in [0.4, 0.5) is 0 Å². The minimum Gasteiger partial charge on any atom is -0.492 e. The molecule has 0 aliphatic rings. The van der Waals surface area contributed by atoms with Gasteiger partial charge in [-0.3, -0.25) is 0 Å². The first-order valence-corrected chi connectivity index (χ1v) is 5.69. The van der Waals surface area contributed by atoms with Crippen LogP contribution in [0.3, 0.4) is 0 Å². The second-order valence-corrected chi connectivity index (χ2v) is 3.82. The molecule has 0 aliphatic carbocycles. The Labute approximate surface area is 104 Å². The number of nitrogens with two attached hydrogens (primary N) is 1. The van der Waals surface area contributed by atoms with E-state index in [9.17, 15) is 0 Å². The molecule has 0 saturated heterocycles. The van der Waals surface area contributed by atoms with Gasteiger partial charge in [0.05, 0.1) is 18.2 Å². The Bertz CT molecular complexity index is 511. The fourth-order valence-corrected chi connectivity index (χ4v) is 1.71. The quantitative estimate of drug-likeness (QED) is 0.909. The lowest BCUT2D eigenvalue weighted by molar-refractivity contribution is 0.340. The van der Waals surface area contributed by atoms with E-state index in [1.165, 1.54) is 0 Å². The molecular formula is C12H13ClN2O2. The molecule has 2 aromatic rings. The molecule has 1 aromatic heterocycles. The molecule has 1 aromatic carbocycles. The van der Waals surface area contributed by atoms with E-state index >= 15 is 0 Å². The van der Waals surface area contributed by atoms with Crippen molar-refractivity contribution in [3.8, 4) is 17.0 Å². The first-order valence-electron chi connectivity index (χ1n) is 5.31. The molecule has 0 amide bonds. The molecule has 90 valence electrons. The monoisotopic (exact) mass is 252 g/mol. The fraction of sp³-hybridized carbons (Fsp3) is 0.250. The molecule has 0 spiro atoms. The lowest BCUT2D eigenvalue weighted by Crippen LogP contribution is -1.95. The molecule has 0 radical (unpaired) electrons. The number of nitrogens with zero attached hydrogens (tertiary/aromatic N) is 1. The van der Waals surface area contributed by atoms with Crippen molar-refractivity contribution >= 4 is 11.6 Å². The number of rotatable bonds is 4. The summed E-state index contributed by atoms with van der Waals surface area (Å²) in [6, 6.07) is 5.50. The van der Waals surface area contributed by atoms with Gasteiger partial charge in [0, 0.05) is 5.56 Å². The highest BCUT2D eigenvalue weighted by molar-refractivity contribution is 6.32. The van der Waals surface area contributed by atoms with E-state index in [1.54, 1.807) is 12.3 Å². The zero-order chi connectivity index (χ0) is 12.3. The number of oxazole rings is 1. The predicted octanol–water partition coefficient (Wildman–Crippen LogP) is 2.85. The van der Waals surface area contributed by atoms with Crippen molar-refractivity contribution in [3.05, 3.63) is 35.4 Å². The molecule has 0 atom stereocenters. The highest BCUT2D eigenvalue weighted by atomic mass is 35.5. The van der Waals surface area contributed by atoms with Crippen LogP contribution in [-0.2, 0) is 6.54 Å². The van der Waals surface area contributed by atoms with Crippen LogP contribution in [0.1, 0.15) is 12.8 Å². The van der Waals surface area contributed by atoms with Crippen LogP contribution in [0.5, 0.6) is 5.75 Å². The van der Waals surface area contributed by atoms with E-state index in [0.29, 0.717) is 23.3 Å². The normalized spacial score (nSPS) is 10.5. The van der Waals surface area contributed by atoms with E-state index in [2.05, 4.69) is 4.98 Å². The smallest absolute Gasteiger partial charge is 0.208 e. The Morgan fingerprint density at radius 2 is 2.29 bits per heavy atom. The minimum atomic E-state index is 0.283. The largest absolute Gasteiger partial charge is 0.492 e. The molecule has 2 N–H and O–H groups in total. The Morgan fingerprint density at radius 3 is 2.88 bits per heavy atom. The van der Waals surface area contributed by atoms with Crippen molar-refractivity contribution in [2.75, 3.05) is 6.61 Å². The van der Waals surface area contributed by atoms with Crippen LogP contribution >= 0.6 is 11.6 Å². The SMILES string of the molecule is CCOc1ccc(-c2coc(CN)n2)cc1Cl. The van der Waals surface area contributed by atoms with Gasteiger partial charge in [-0.1, -0.05) is 11.6 Å². The van der Waals surface area contributed by atoms with Crippen LogP contribution in [0.25, 0.3) is 11.3 Å². The van der Waals surface area contributed by atoms with Crippen molar-refractivity contribution in [2.45, 2.75) is 13.5 Å². The van der Waals surface area contributed by atoms with Gasteiger partial charge in [0.15, 0.2) is 0 Å². The van der Waals surface area contributed by atoms with Gasteiger partial charge >= 0.3 is 0 Å². The van der Waals surface area contributed by atoms with Gasteiger partial charge in [0.2, 0.25) is 5.89 Å². The lowest BCUT2D eigenvalue weighted by atomic mass is 10.1. The zero-order valence-electron chi connectivity index (χ0n) is 9.44. The molecule has 5 heteroatoms. The number of ether oxygens (including phenoxy) is 1. The Morgan fingerprint density at radius 1 is 1.47 bits per heavy atom. The van der Waals surface area contributed by atoms with Gasteiger partial charge in [-0.15, -0.1) is 0 Å². The second-order valence-electron chi connectivity index (χ2n) is 3.41. The standard InChI is InChI=1S/C12H13ClN2O2/c1-2-16-11-4-3-8(5-9(11)13)10-7-17-12(6-14)15-10/h3-5,7H,2,6,14H2,1H3. The number of benzene rings is 1. The van der Waals surface area contributed by atoms with Crippen molar-refractivity contribution < 1.29 is 9.15 Å². The van der Waals surface area contributed by atoms with E-state index in [4.69, 9.17) is 26.5 Å². The molecule has 0 saturated carbocycles. The van der Waals surface area contributed by atoms with Gasteiger partial charge in [-0.25, -0.2) is 4.98 Å². The molecule has 0 aliphatic heterocycles. The third-order valence-corrected chi connectivity index (χ3v) is 2.55. The summed E-state index contributed by atoms with van der Waals surface area (Å²) in [5.41, 5.74) is 7.03. The summed E-state index contributed by atoms with van der Waals surface area (Å²) in [6.45, 7) is 2.78. The average molecular weight is 253 g/mol. The minimum absolute atomic E-state index is 0.283. The zero-order valence-corrected chi connectivity index (χ0v) is 10.2. The summed E-state index contributed by atoms with van der Waals surface area (Å²) in [6.07, 6.45) is 1.56. The highest BCUT2D eigenvalue weighted by Crippen LogP contribution is 2.30. The predicted molar refractivity (Wildman–Crippen MR) is 66.0 cm³/mol. The van der Waals surface area contributed by atoms with Gasteiger partial charge < -0.3 is 14.9 Å². The average Bonchev–Trinajstić information content (AvgIpc) is 2.80. The molecule has 0 fully saturated rings. The van der Waals surface area contributed by atoms with Gasteiger partial charge in [0.25, 0.3) is 0 Å². The van der Waals surface area contributed by atoms with Gasteiger partial charge in [-0.2, -0.15) is 0 Å². The van der Waals surface area contributed by atoms with E-state index in [1.807, 2.05) is 19.1 Å². The number of hydrogen-bond acceptors (Lipinski definition) is 4. The van der Waals surface area contributed by atoms with E-state index in [0.717, 1.165) is 11.3 Å². The van der Waals surface area contributed by atoms with Crippen molar-refractivity contribution in [2.24, 2.45) is 5.73 Å². The van der Waals surface area contributed by atoms with Crippen LogP contribution < -0.4 is 10.5 Å². The Balaban J connectivity index is 2.30. The van der Waals surface area contributed by atoms with Crippen LogP contribution in [-0.4, -0.2) is 11.6 Å². The third-order valence-electron chi connectivity index (χ3n) is 2.25. The number of halogens is 1. The Kier molecular flexibility index (Phi) is 3.66. The number of aromatic nitrogens is 1. The van der Waals surface area contributed by atoms with Crippen LogP contribution in [0, 0.1) is 0 Å². The molecule has 1 heterocycles. The van der Waals surface area contributed by atoms with Crippen molar-refractivity contribution in [1.29, 1.82) is 0 Å². The van der Waals surface area contributed by atoms with Crippen molar-refractivity contribution in [1.82, 2.24) is 4.98 Å². The maximum Gasteiger partial charge on any atom is 0.208 e. The first-order chi connectivity index (χ1) is 8.24. The molecule has 17 heavy (non-hydrogen) atoms. The molecular weight excluding hydrogens is 240 g/mol. The molecule has 4 nitrogen and oxygen atoms in total. The first kappa shape index (κ1) is 12.0. The van der Waals surface area contributed by atoms with E-state index in [-0.39, 0.29) is 6.54 Å². The maximum absolute atomic E-state index is 6.09. The Hall–Kier alpha value is -1.52. The van der Waals surface area contributed by atoms with Gasteiger partial charge in [0.1, 0.15) is 17.7 Å². The third kappa shape index (κ3) is 2.60. The molecule has 0 bridgehead atoms. The van der Waals surface area contributed by atoms with Crippen molar-refractivity contribution in [3.63, 3.8) is 0 Å². The number of hydrogen-bond donors (Lipinski definition) is 1. The topological polar surface area (TPSA) is 61.3 Å². The summed E-state index contributed by atoms with van der Waals surface area (Å²) in [5.74, 6) is 1.17. The van der Waals surface area contributed by atoms with Gasteiger partial charge in [-0.05, 0) is 25.1 Å². The second kappa shape index (κ2) is 5.21. The summed E-state index contributed by atoms with van der Waals surface area (Å²) in [5, 5.41) is 0.557. The highest BCUT2D eigenvalue weighted by Gasteiger charge is 2.08. The summed E-state index contributed by atoms with van der Waals surface area (Å²) in [7, 11) is 0. The fourth-order valence-electron chi connectivity index (χ4n) is 1.47.